The topological polar surface area (TPSA) is 61.6 Å². The van der Waals surface area contributed by atoms with Gasteiger partial charge in [-0.3, -0.25) is 4.79 Å². The van der Waals surface area contributed by atoms with Crippen molar-refractivity contribution in [2.24, 2.45) is 0 Å². The standard InChI is InChI=1S/C16H21NO3S/c17-14-4-2-1-3-12(14)9-15(18)20-13-5-7-19-16(10-13)6-8-21-11-16/h1-4,13H,5-11,17H2. The van der Waals surface area contributed by atoms with Crippen LogP contribution in [0, 0.1) is 0 Å². The van der Waals surface area contributed by atoms with Crippen molar-refractivity contribution in [2.75, 3.05) is 23.8 Å². The summed E-state index contributed by atoms with van der Waals surface area (Å²) < 4.78 is 11.6. The fourth-order valence-electron chi connectivity index (χ4n) is 3.02. The maximum absolute atomic E-state index is 12.1. The van der Waals surface area contributed by atoms with Crippen LogP contribution in [0.15, 0.2) is 24.3 Å². The molecule has 0 radical (unpaired) electrons. The zero-order valence-corrected chi connectivity index (χ0v) is 12.9. The van der Waals surface area contributed by atoms with Crippen LogP contribution in [0.2, 0.25) is 0 Å². The molecule has 2 fully saturated rings. The Balaban J connectivity index is 1.56. The van der Waals surface area contributed by atoms with Gasteiger partial charge in [-0.25, -0.2) is 0 Å². The van der Waals surface area contributed by atoms with Crippen LogP contribution in [-0.4, -0.2) is 35.8 Å². The van der Waals surface area contributed by atoms with E-state index in [0.29, 0.717) is 12.3 Å². The second-order valence-corrected chi connectivity index (χ2v) is 6.92. The number of nitrogen functional groups attached to an aromatic ring is 1. The van der Waals surface area contributed by atoms with Crippen molar-refractivity contribution in [3.63, 3.8) is 0 Å². The number of hydrogen-bond donors (Lipinski definition) is 1. The van der Waals surface area contributed by atoms with E-state index in [0.717, 1.165) is 36.3 Å². The third kappa shape index (κ3) is 3.52. The average molecular weight is 307 g/mol. The number of anilines is 1. The van der Waals surface area contributed by atoms with E-state index in [2.05, 4.69) is 0 Å². The van der Waals surface area contributed by atoms with Gasteiger partial charge in [-0.1, -0.05) is 18.2 Å². The maximum atomic E-state index is 12.1. The molecule has 2 saturated heterocycles. The SMILES string of the molecule is Nc1ccccc1CC(=O)OC1CCOC2(CCSC2)C1. The first-order valence-electron chi connectivity index (χ1n) is 7.41. The van der Waals surface area contributed by atoms with Crippen LogP contribution in [0.1, 0.15) is 24.8 Å². The molecular formula is C16H21NO3S. The van der Waals surface area contributed by atoms with E-state index in [9.17, 15) is 4.79 Å². The highest BCUT2D eigenvalue weighted by atomic mass is 32.2. The van der Waals surface area contributed by atoms with Crippen LogP contribution in [0.5, 0.6) is 0 Å². The van der Waals surface area contributed by atoms with Crippen molar-refractivity contribution >= 4 is 23.4 Å². The molecule has 2 unspecified atom stereocenters. The summed E-state index contributed by atoms with van der Waals surface area (Å²) in [6.07, 6.45) is 2.91. The molecule has 0 aliphatic carbocycles. The smallest absolute Gasteiger partial charge is 0.310 e. The van der Waals surface area contributed by atoms with Crippen molar-refractivity contribution in [2.45, 2.75) is 37.4 Å². The van der Waals surface area contributed by atoms with Crippen LogP contribution in [0.3, 0.4) is 0 Å². The Bertz CT molecular complexity index is 514. The van der Waals surface area contributed by atoms with Crippen LogP contribution in [0.4, 0.5) is 5.69 Å². The molecular weight excluding hydrogens is 286 g/mol. The van der Waals surface area contributed by atoms with Crippen molar-refractivity contribution in [1.82, 2.24) is 0 Å². The molecule has 0 saturated carbocycles. The van der Waals surface area contributed by atoms with Gasteiger partial charge >= 0.3 is 5.97 Å². The molecule has 0 amide bonds. The van der Waals surface area contributed by atoms with Crippen LogP contribution < -0.4 is 5.73 Å². The van der Waals surface area contributed by atoms with E-state index in [1.165, 1.54) is 0 Å². The van der Waals surface area contributed by atoms with Gasteiger partial charge in [0.15, 0.2) is 0 Å². The summed E-state index contributed by atoms with van der Waals surface area (Å²) in [4.78, 5) is 12.1. The Labute approximate surface area is 129 Å². The Hall–Kier alpha value is -1.20. The monoisotopic (exact) mass is 307 g/mol. The molecule has 1 aromatic rings. The highest BCUT2D eigenvalue weighted by molar-refractivity contribution is 7.99. The summed E-state index contributed by atoms with van der Waals surface area (Å²) in [7, 11) is 0. The van der Waals surface area contributed by atoms with Crippen LogP contribution in [0.25, 0.3) is 0 Å². The number of esters is 1. The molecule has 21 heavy (non-hydrogen) atoms. The van der Waals surface area contributed by atoms with E-state index in [-0.39, 0.29) is 24.1 Å². The summed E-state index contributed by atoms with van der Waals surface area (Å²) in [5.41, 5.74) is 7.29. The lowest BCUT2D eigenvalue weighted by Gasteiger charge is -2.37. The molecule has 2 aliphatic rings. The largest absolute Gasteiger partial charge is 0.462 e. The van der Waals surface area contributed by atoms with Crippen molar-refractivity contribution in [3.8, 4) is 0 Å². The molecule has 2 atom stereocenters. The Morgan fingerprint density at radius 3 is 3.10 bits per heavy atom. The van der Waals surface area contributed by atoms with E-state index < -0.39 is 0 Å². The predicted molar refractivity (Wildman–Crippen MR) is 84.3 cm³/mol. The molecule has 114 valence electrons. The normalized spacial score (nSPS) is 28.7. The average Bonchev–Trinajstić information content (AvgIpc) is 2.89. The first-order chi connectivity index (χ1) is 10.2. The number of nitrogens with two attached hydrogens (primary N) is 1. The van der Waals surface area contributed by atoms with Gasteiger partial charge in [-0.2, -0.15) is 11.8 Å². The molecule has 0 aromatic heterocycles. The lowest BCUT2D eigenvalue weighted by molar-refractivity contribution is -0.162. The second-order valence-electron chi connectivity index (χ2n) is 5.81. The zero-order chi connectivity index (χ0) is 14.7. The summed E-state index contributed by atoms with van der Waals surface area (Å²) in [5, 5.41) is 0. The molecule has 2 heterocycles. The highest BCUT2D eigenvalue weighted by Crippen LogP contribution is 2.39. The van der Waals surface area contributed by atoms with E-state index >= 15 is 0 Å². The van der Waals surface area contributed by atoms with E-state index in [4.69, 9.17) is 15.2 Å². The second kappa shape index (κ2) is 6.28. The van der Waals surface area contributed by atoms with Crippen molar-refractivity contribution < 1.29 is 14.3 Å². The first kappa shape index (κ1) is 14.7. The number of carbonyl (C=O) groups excluding carboxylic acids is 1. The number of thioether (sulfide) groups is 1. The predicted octanol–water partition coefficient (Wildman–Crippen LogP) is 2.41. The molecule has 5 heteroatoms. The molecule has 2 aliphatic heterocycles. The lowest BCUT2D eigenvalue weighted by atomic mass is 9.91. The van der Waals surface area contributed by atoms with Crippen molar-refractivity contribution in [3.05, 3.63) is 29.8 Å². The van der Waals surface area contributed by atoms with E-state index in [1.807, 2.05) is 36.0 Å². The number of benzene rings is 1. The molecule has 1 aromatic carbocycles. The quantitative estimate of drug-likeness (QED) is 0.686. The number of carbonyl (C=O) groups is 1. The van der Waals surface area contributed by atoms with Gasteiger partial charge < -0.3 is 15.2 Å². The van der Waals surface area contributed by atoms with Gasteiger partial charge in [0.2, 0.25) is 0 Å². The van der Waals surface area contributed by atoms with E-state index in [1.54, 1.807) is 0 Å². The molecule has 1 spiro atoms. The molecule has 4 nitrogen and oxygen atoms in total. The van der Waals surface area contributed by atoms with Crippen LogP contribution >= 0.6 is 11.8 Å². The zero-order valence-electron chi connectivity index (χ0n) is 12.0. The fraction of sp³-hybridized carbons (Fsp3) is 0.562. The third-order valence-corrected chi connectivity index (χ3v) is 5.43. The minimum absolute atomic E-state index is 0.0186. The van der Waals surface area contributed by atoms with Gasteiger partial charge in [-0.15, -0.1) is 0 Å². The Kier molecular flexibility index (Phi) is 4.40. The summed E-state index contributed by atoms with van der Waals surface area (Å²) >= 11 is 1.92. The summed E-state index contributed by atoms with van der Waals surface area (Å²) in [6.45, 7) is 0.686. The fourth-order valence-corrected chi connectivity index (χ4v) is 4.40. The van der Waals surface area contributed by atoms with Gasteiger partial charge in [0, 0.05) is 24.3 Å². The first-order valence-corrected chi connectivity index (χ1v) is 8.57. The molecule has 0 bridgehead atoms. The van der Waals surface area contributed by atoms with Crippen molar-refractivity contribution in [1.29, 1.82) is 0 Å². The maximum Gasteiger partial charge on any atom is 0.310 e. The summed E-state index contributed by atoms with van der Waals surface area (Å²) in [5.74, 6) is 1.97. The molecule has 3 rings (SSSR count). The Morgan fingerprint density at radius 2 is 2.33 bits per heavy atom. The minimum atomic E-state index is -0.194. The number of hydrogen-bond acceptors (Lipinski definition) is 5. The highest BCUT2D eigenvalue weighted by Gasteiger charge is 2.41. The summed E-state index contributed by atoms with van der Waals surface area (Å²) in [6, 6.07) is 7.43. The number of rotatable bonds is 3. The van der Waals surface area contributed by atoms with Gasteiger partial charge in [0.25, 0.3) is 0 Å². The van der Waals surface area contributed by atoms with Gasteiger partial charge in [0.05, 0.1) is 18.6 Å². The lowest BCUT2D eigenvalue weighted by Crippen LogP contribution is -2.43. The van der Waals surface area contributed by atoms with Gasteiger partial charge in [0.1, 0.15) is 6.10 Å². The molecule has 2 N–H and O–H groups in total. The van der Waals surface area contributed by atoms with Gasteiger partial charge in [-0.05, 0) is 23.8 Å². The Morgan fingerprint density at radius 1 is 1.48 bits per heavy atom. The number of ether oxygens (including phenoxy) is 2. The number of para-hydroxylation sites is 1. The third-order valence-electron chi connectivity index (χ3n) is 4.20. The minimum Gasteiger partial charge on any atom is -0.462 e. The van der Waals surface area contributed by atoms with Crippen LogP contribution in [-0.2, 0) is 20.7 Å².